The maximum atomic E-state index is 11.9. The number of para-hydroxylation sites is 1. The predicted molar refractivity (Wildman–Crippen MR) is 92.8 cm³/mol. The van der Waals surface area contributed by atoms with Crippen molar-refractivity contribution in [2.45, 2.75) is 26.0 Å². The van der Waals surface area contributed by atoms with Crippen LogP contribution in [0.3, 0.4) is 0 Å². The lowest BCUT2D eigenvalue weighted by molar-refractivity contribution is -0.120. The molecule has 3 rings (SSSR count). The number of amides is 1. The van der Waals surface area contributed by atoms with Crippen LogP contribution in [0.2, 0.25) is 0 Å². The van der Waals surface area contributed by atoms with Crippen molar-refractivity contribution in [3.8, 4) is 5.75 Å². The highest BCUT2D eigenvalue weighted by molar-refractivity contribution is 7.10. The summed E-state index contributed by atoms with van der Waals surface area (Å²) in [5, 5.41) is 5.01. The fourth-order valence-electron chi connectivity index (χ4n) is 2.83. The highest BCUT2D eigenvalue weighted by atomic mass is 32.1. The summed E-state index contributed by atoms with van der Waals surface area (Å²) < 4.78 is 5.96. The highest BCUT2D eigenvalue weighted by Gasteiger charge is 2.19. The van der Waals surface area contributed by atoms with E-state index in [-0.39, 0.29) is 12.0 Å². The first-order chi connectivity index (χ1) is 11.2. The van der Waals surface area contributed by atoms with Crippen LogP contribution < -0.4 is 10.1 Å². The van der Waals surface area contributed by atoms with Crippen molar-refractivity contribution in [2.24, 2.45) is 0 Å². The van der Waals surface area contributed by atoms with Gasteiger partial charge in [0, 0.05) is 36.6 Å². The lowest BCUT2D eigenvalue weighted by Gasteiger charge is -2.21. The molecule has 2 aromatic rings. The van der Waals surface area contributed by atoms with E-state index in [1.165, 1.54) is 5.56 Å². The summed E-state index contributed by atoms with van der Waals surface area (Å²) in [6.45, 7) is 5.32. The highest BCUT2D eigenvalue weighted by Crippen LogP contribution is 2.24. The second-order valence-corrected chi connectivity index (χ2v) is 6.91. The average Bonchev–Trinajstić information content (AvgIpc) is 2.95. The number of fused-ring (bicyclic) bond motifs is 1. The molecule has 1 atom stereocenters. The first-order valence-electron chi connectivity index (χ1n) is 7.96. The Morgan fingerprint density at radius 1 is 1.35 bits per heavy atom. The number of benzene rings is 1. The molecular weight excluding hydrogens is 308 g/mol. The molecule has 0 fully saturated rings. The van der Waals surface area contributed by atoms with Gasteiger partial charge in [-0.05, 0) is 24.4 Å². The Balaban J connectivity index is 1.49. The maximum Gasteiger partial charge on any atom is 0.225 e. The van der Waals surface area contributed by atoms with Gasteiger partial charge in [-0.3, -0.25) is 9.69 Å². The van der Waals surface area contributed by atoms with E-state index >= 15 is 0 Å². The van der Waals surface area contributed by atoms with Crippen LogP contribution >= 0.6 is 11.3 Å². The summed E-state index contributed by atoms with van der Waals surface area (Å²) in [5.74, 6) is 1.07. The standard InChI is InChI=1S/C18H22N2O2S/c1-14-12-20(13-15-5-2-3-7-17(15)22-14)9-8-19-18(21)11-16-6-4-10-23-16/h2-7,10,14H,8-9,11-13H2,1H3,(H,19,21)/t14-/m1/s1. The number of rotatable bonds is 5. The fourth-order valence-corrected chi connectivity index (χ4v) is 3.53. The van der Waals surface area contributed by atoms with Crippen molar-refractivity contribution in [1.29, 1.82) is 0 Å². The molecule has 0 aliphatic carbocycles. The van der Waals surface area contributed by atoms with E-state index in [1.807, 2.05) is 35.7 Å². The summed E-state index contributed by atoms with van der Waals surface area (Å²) in [4.78, 5) is 15.4. The zero-order valence-corrected chi connectivity index (χ0v) is 14.1. The number of hydrogen-bond acceptors (Lipinski definition) is 4. The SMILES string of the molecule is C[C@@H]1CN(CCNC(=O)Cc2cccs2)Cc2ccccc2O1. The minimum atomic E-state index is 0.0898. The minimum Gasteiger partial charge on any atom is -0.489 e. The number of ether oxygens (including phenoxy) is 1. The molecule has 122 valence electrons. The predicted octanol–water partition coefficient (Wildman–Crippen LogP) is 2.69. The minimum absolute atomic E-state index is 0.0898. The number of carbonyl (C=O) groups excluding carboxylic acids is 1. The van der Waals surface area contributed by atoms with Crippen molar-refractivity contribution in [1.82, 2.24) is 10.2 Å². The van der Waals surface area contributed by atoms with Crippen molar-refractivity contribution in [3.05, 3.63) is 52.2 Å². The number of nitrogens with zero attached hydrogens (tertiary/aromatic N) is 1. The third-order valence-corrected chi connectivity index (χ3v) is 4.75. The van der Waals surface area contributed by atoms with Crippen molar-refractivity contribution < 1.29 is 9.53 Å². The molecule has 0 bridgehead atoms. The molecule has 1 N–H and O–H groups in total. The Morgan fingerprint density at radius 3 is 3.04 bits per heavy atom. The zero-order chi connectivity index (χ0) is 16.1. The Kier molecular flexibility index (Phi) is 5.31. The molecule has 0 unspecified atom stereocenters. The second-order valence-electron chi connectivity index (χ2n) is 5.88. The Bertz CT molecular complexity index is 642. The Hall–Kier alpha value is -1.85. The normalized spacial score (nSPS) is 17.9. The first kappa shape index (κ1) is 16.0. The van der Waals surface area contributed by atoms with Crippen LogP contribution in [-0.2, 0) is 17.8 Å². The third-order valence-electron chi connectivity index (χ3n) is 3.88. The molecule has 1 aromatic heterocycles. The van der Waals surface area contributed by atoms with E-state index in [9.17, 15) is 4.79 Å². The maximum absolute atomic E-state index is 11.9. The molecule has 0 saturated heterocycles. The zero-order valence-electron chi connectivity index (χ0n) is 13.3. The summed E-state index contributed by atoms with van der Waals surface area (Å²) >= 11 is 1.62. The van der Waals surface area contributed by atoms with Gasteiger partial charge in [-0.1, -0.05) is 24.3 Å². The molecule has 0 spiro atoms. The molecular formula is C18H22N2O2S. The molecule has 1 aromatic carbocycles. The number of nitrogens with one attached hydrogen (secondary N) is 1. The van der Waals surface area contributed by atoms with Gasteiger partial charge in [-0.25, -0.2) is 0 Å². The van der Waals surface area contributed by atoms with Gasteiger partial charge >= 0.3 is 0 Å². The Labute approximate surface area is 141 Å². The molecule has 23 heavy (non-hydrogen) atoms. The molecule has 0 radical (unpaired) electrons. The van der Waals surface area contributed by atoms with Crippen LogP contribution in [0.5, 0.6) is 5.75 Å². The van der Waals surface area contributed by atoms with Crippen LogP contribution in [0.4, 0.5) is 0 Å². The monoisotopic (exact) mass is 330 g/mol. The summed E-state index contributed by atoms with van der Waals surface area (Å²) in [6.07, 6.45) is 0.625. The summed E-state index contributed by atoms with van der Waals surface area (Å²) in [6, 6.07) is 12.2. The van der Waals surface area contributed by atoms with Crippen molar-refractivity contribution in [2.75, 3.05) is 19.6 Å². The first-order valence-corrected chi connectivity index (χ1v) is 8.84. The second kappa shape index (κ2) is 7.62. The van der Waals surface area contributed by atoms with Gasteiger partial charge in [0.15, 0.2) is 0 Å². The molecule has 1 amide bonds. The third kappa shape index (κ3) is 4.56. The lowest BCUT2D eigenvalue weighted by atomic mass is 10.2. The van der Waals surface area contributed by atoms with Gasteiger partial charge in [0.05, 0.1) is 6.42 Å². The molecule has 0 saturated carbocycles. The molecule has 1 aliphatic heterocycles. The number of thiophene rings is 1. The largest absolute Gasteiger partial charge is 0.489 e. The van der Waals surface area contributed by atoms with E-state index in [4.69, 9.17) is 4.74 Å². The van der Waals surface area contributed by atoms with Gasteiger partial charge in [-0.15, -0.1) is 11.3 Å². The summed E-state index contributed by atoms with van der Waals surface area (Å²) in [5.41, 5.74) is 1.21. The summed E-state index contributed by atoms with van der Waals surface area (Å²) in [7, 11) is 0. The topological polar surface area (TPSA) is 41.6 Å². The molecule has 1 aliphatic rings. The quantitative estimate of drug-likeness (QED) is 0.916. The molecule has 2 heterocycles. The Morgan fingerprint density at radius 2 is 2.22 bits per heavy atom. The number of carbonyl (C=O) groups is 1. The van der Waals surface area contributed by atoms with E-state index in [0.29, 0.717) is 13.0 Å². The molecule has 5 heteroatoms. The van der Waals surface area contributed by atoms with Gasteiger partial charge in [0.25, 0.3) is 0 Å². The van der Waals surface area contributed by atoms with Crippen molar-refractivity contribution in [3.63, 3.8) is 0 Å². The lowest BCUT2D eigenvalue weighted by Crippen LogP contribution is -2.38. The average molecular weight is 330 g/mol. The van der Waals surface area contributed by atoms with Gasteiger partial charge in [0.1, 0.15) is 11.9 Å². The van der Waals surface area contributed by atoms with E-state index < -0.39 is 0 Å². The van der Waals surface area contributed by atoms with E-state index in [0.717, 1.165) is 30.3 Å². The van der Waals surface area contributed by atoms with Gasteiger partial charge < -0.3 is 10.1 Å². The van der Waals surface area contributed by atoms with Crippen LogP contribution in [0.1, 0.15) is 17.4 Å². The number of hydrogen-bond donors (Lipinski definition) is 1. The van der Waals surface area contributed by atoms with Crippen LogP contribution in [-0.4, -0.2) is 36.5 Å². The smallest absolute Gasteiger partial charge is 0.225 e. The fraction of sp³-hybridized carbons (Fsp3) is 0.389. The van der Waals surface area contributed by atoms with Crippen molar-refractivity contribution >= 4 is 17.2 Å². The van der Waals surface area contributed by atoms with E-state index in [1.54, 1.807) is 11.3 Å². The van der Waals surface area contributed by atoms with E-state index in [2.05, 4.69) is 23.2 Å². The van der Waals surface area contributed by atoms with Crippen LogP contribution in [0, 0.1) is 0 Å². The van der Waals surface area contributed by atoms with Crippen LogP contribution in [0.15, 0.2) is 41.8 Å². The van der Waals surface area contributed by atoms with Gasteiger partial charge in [-0.2, -0.15) is 0 Å². The van der Waals surface area contributed by atoms with Crippen LogP contribution in [0.25, 0.3) is 0 Å². The van der Waals surface area contributed by atoms with Gasteiger partial charge in [0.2, 0.25) is 5.91 Å². The molecule has 4 nitrogen and oxygen atoms in total.